The Morgan fingerprint density at radius 1 is 1.29 bits per heavy atom. The highest BCUT2D eigenvalue weighted by Crippen LogP contribution is 2.28. The highest BCUT2D eigenvalue weighted by Gasteiger charge is 2.31. The van der Waals surface area contributed by atoms with Crippen LogP contribution in [0.1, 0.15) is 62.1 Å². The summed E-state index contributed by atoms with van der Waals surface area (Å²) >= 11 is 1.48. The number of rotatable bonds is 3. The van der Waals surface area contributed by atoms with Gasteiger partial charge < -0.3 is 9.80 Å². The molecule has 1 aliphatic rings. The quantitative estimate of drug-likeness (QED) is 0.840. The Balaban J connectivity index is 1.96. The van der Waals surface area contributed by atoms with Crippen molar-refractivity contribution >= 4 is 23.2 Å². The summed E-state index contributed by atoms with van der Waals surface area (Å²) in [6.45, 7) is 11.6. The van der Waals surface area contributed by atoms with Crippen molar-refractivity contribution < 1.29 is 9.59 Å². The van der Waals surface area contributed by atoms with E-state index in [0.717, 1.165) is 17.8 Å². The molecule has 0 N–H and O–H groups in total. The van der Waals surface area contributed by atoms with Gasteiger partial charge in [0.2, 0.25) is 5.91 Å². The van der Waals surface area contributed by atoms with Crippen molar-refractivity contribution in [1.29, 1.82) is 0 Å². The van der Waals surface area contributed by atoms with Crippen LogP contribution in [-0.4, -0.2) is 52.8 Å². The van der Waals surface area contributed by atoms with Crippen LogP contribution in [0.15, 0.2) is 6.20 Å². The molecule has 134 valence electrons. The van der Waals surface area contributed by atoms with Gasteiger partial charge >= 0.3 is 0 Å². The predicted molar refractivity (Wildman–Crippen MR) is 97.3 cm³/mol. The Morgan fingerprint density at radius 3 is 2.33 bits per heavy atom. The van der Waals surface area contributed by atoms with Crippen LogP contribution in [0.4, 0.5) is 0 Å². The molecule has 0 bridgehead atoms. The van der Waals surface area contributed by atoms with Gasteiger partial charge in [-0.05, 0) is 26.7 Å². The van der Waals surface area contributed by atoms with Gasteiger partial charge in [-0.2, -0.15) is 0 Å². The van der Waals surface area contributed by atoms with Gasteiger partial charge in [-0.3, -0.25) is 9.59 Å². The molecule has 2 heterocycles. The molecule has 0 radical (unpaired) electrons. The van der Waals surface area contributed by atoms with E-state index >= 15 is 0 Å². The maximum Gasteiger partial charge on any atom is 0.265 e. The Hall–Kier alpha value is -1.43. The van der Waals surface area contributed by atoms with Gasteiger partial charge in [0.15, 0.2) is 0 Å². The molecule has 1 saturated heterocycles. The first-order chi connectivity index (χ1) is 11.1. The second-order valence-electron chi connectivity index (χ2n) is 7.89. The number of thiazole rings is 1. The van der Waals surface area contributed by atoms with E-state index in [2.05, 4.69) is 25.8 Å². The van der Waals surface area contributed by atoms with Gasteiger partial charge in [0.05, 0.1) is 11.2 Å². The number of carbonyl (C=O) groups excluding carboxylic acids is 2. The lowest BCUT2D eigenvalue weighted by atomic mass is 9.95. The van der Waals surface area contributed by atoms with E-state index in [9.17, 15) is 9.59 Å². The minimum absolute atomic E-state index is 0.0352. The van der Waals surface area contributed by atoms with Crippen LogP contribution in [0, 0.1) is 5.92 Å². The average Bonchev–Trinajstić information content (AvgIpc) is 3.03. The molecule has 2 rings (SSSR count). The summed E-state index contributed by atoms with van der Waals surface area (Å²) in [6.07, 6.45) is 3.18. The Bertz CT molecular complexity index is 596. The minimum Gasteiger partial charge on any atom is -0.343 e. The van der Waals surface area contributed by atoms with Crippen LogP contribution < -0.4 is 0 Å². The zero-order valence-electron chi connectivity index (χ0n) is 15.6. The fraction of sp³-hybridized carbons (Fsp3) is 0.722. The van der Waals surface area contributed by atoms with Crippen LogP contribution in [0.5, 0.6) is 0 Å². The van der Waals surface area contributed by atoms with E-state index in [0.29, 0.717) is 18.0 Å². The second-order valence-corrected chi connectivity index (χ2v) is 8.92. The molecular weight excluding hydrogens is 322 g/mol. The molecule has 1 fully saturated rings. The van der Waals surface area contributed by atoms with E-state index in [1.807, 2.05) is 25.8 Å². The molecule has 0 spiro atoms. The van der Waals surface area contributed by atoms with E-state index in [4.69, 9.17) is 0 Å². The van der Waals surface area contributed by atoms with E-state index in [-0.39, 0.29) is 29.2 Å². The molecule has 5 nitrogen and oxygen atoms in total. The molecule has 1 aliphatic heterocycles. The molecule has 24 heavy (non-hydrogen) atoms. The summed E-state index contributed by atoms with van der Waals surface area (Å²) in [7, 11) is 1.86. The van der Waals surface area contributed by atoms with Crippen molar-refractivity contribution in [2.45, 2.75) is 58.9 Å². The zero-order chi connectivity index (χ0) is 18.1. The lowest BCUT2D eigenvalue weighted by molar-refractivity contribution is -0.137. The lowest BCUT2D eigenvalue weighted by Crippen LogP contribution is -2.44. The molecule has 0 aromatic carbocycles. The van der Waals surface area contributed by atoms with Crippen LogP contribution in [0.25, 0.3) is 0 Å². The maximum atomic E-state index is 12.7. The molecule has 0 saturated carbocycles. The first kappa shape index (κ1) is 18.9. The van der Waals surface area contributed by atoms with Gasteiger partial charge in [-0.25, -0.2) is 4.98 Å². The Kier molecular flexibility index (Phi) is 5.68. The number of amides is 2. The summed E-state index contributed by atoms with van der Waals surface area (Å²) in [5.74, 6) is 0.282. The fourth-order valence-corrected chi connectivity index (χ4v) is 3.69. The number of piperidine rings is 1. The van der Waals surface area contributed by atoms with Crippen LogP contribution in [0.3, 0.4) is 0 Å². The number of nitrogens with zero attached hydrogens (tertiary/aromatic N) is 3. The van der Waals surface area contributed by atoms with Crippen molar-refractivity contribution in [2.24, 2.45) is 5.92 Å². The van der Waals surface area contributed by atoms with Crippen molar-refractivity contribution in [3.8, 4) is 0 Å². The average molecular weight is 352 g/mol. The number of likely N-dealkylation sites (tertiary alicyclic amines) is 1. The van der Waals surface area contributed by atoms with E-state index in [1.54, 1.807) is 11.1 Å². The molecule has 1 aromatic rings. The minimum atomic E-state index is -0.0377. The predicted octanol–water partition coefficient (Wildman–Crippen LogP) is 3.16. The molecular formula is C18H29N3O2S. The largest absolute Gasteiger partial charge is 0.343 e. The topological polar surface area (TPSA) is 53.5 Å². The number of hydrogen-bond acceptors (Lipinski definition) is 4. The number of carbonyl (C=O) groups is 2. The maximum absolute atomic E-state index is 12.7. The summed E-state index contributed by atoms with van der Waals surface area (Å²) in [5, 5.41) is 0.981. The Labute approximate surface area is 149 Å². The van der Waals surface area contributed by atoms with Crippen molar-refractivity contribution in [2.75, 3.05) is 20.1 Å². The van der Waals surface area contributed by atoms with Gasteiger partial charge in [0, 0.05) is 37.5 Å². The van der Waals surface area contributed by atoms with Crippen molar-refractivity contribution in [3.63, 3.8) is 0 Å². The highest BCUT2D eigenvalue weighted by molar-refractivity contribution is 7.13. The molecule has 0 aliphatic carbocycles. The highest BCUT2D eigenvalue weighted by atomic mass is 32.1. The monoisotopic (exact) mass is 351 g/mol. The first-order valence-corrected chi connectivity index (χ1v) is 9.45. The van der Waals surface area contributed by atoms with Crippen LogP contribution >= 0.6 is 11.3 Å². The third-order valence-corrected chi connectivity index (χ3v) is 6.02. The normalized spacial score (nSPS) is 16.5. The third-order valence-electron chi connectivity index (χ3n) is 4.61. The summed E-state index contributed by atoms with van der Waals surface area (Å²) in [5.41, 5.74) is -0.0377. The molecule has 0 atom stereocenters. The van der Waals surface area contributed by atoms with Crippen molar-refractivity contribution in [1.82, 2.24) is 14.8 Å². The van der Waals surface area contributed by atoms with Gasteiger partial charge in [0.25, 0.3) is 5.91 Å². The number of hydrogen-bond donors (Lipinski definition) is 0. The van der Waals surface area contributed by atoms with E-state index in [1.165, 1.54) is 11.3 Å². The van der Waals surface area contributed by atoms with Crippen LogP contribution in [-0.2, 0) is 10.2 Å². The standard InChI is InChI=1S/C18H29N3O2S/c1-12(2)20(6)15(22)13-7-9-21(10-8-13)16(23)14-11-19-17(24-14)18(3,4)5/h11-13H,7-10H2,1-6H3. The summed E-state index contributed by atoms with van der Waals surface area (Å²) in [4.78, 5) is 33.8. The van der Waals surface area contributed by atoms with Gasteiger partial charge in [0.1, 0.15) is 4.88 Å². The molecule has 1 aromatic heterocycles. The van der Waals surface area contributed by atoms with Crippen LogP contribution in [0.2, 0.25) is 0 Å². The van der Waals surface area contributed by atoms with E-state index < -0.39 is 0 Å². The SMILES string of the molecule is CC(C)N(C)C(=O)C1CCN(C(=O)c2cnc(C(C)(C)C)s2)CC1. The summed E-state index contributed by atoms with van der Waals surface area (Å²) in [6, 6.07) is 0.213. The van der Waals surface area contributed by atoms with Crippen molar-refractivity contribution in [3.05, 3.63) is 16.1 Å². The molecule has 0 unspecified atom stereocenters. The fourth-order valence-electron chi connectivity index (χ4n) is 2.75. The first-order valence-electron chi connectivity index (χ1n) is 8.63. The molecule has 6 heteroatoms. The Morgan fingerprint density at radius 2 is 1.88 bits per heavy atom. The lowest BCUT2D eigenvalue weighted by Gasteiger charge is -2.34. The smallest absolute Gasteiger partial charge is 0.265 e. The third kappa shape index (κ3) is 4.15. The second kappa shape index (κ2) is 7.21. The van der Waals surface area contributed by atoms with Gasteiger partial charge in [-0.1, -0.05) is 20.8 Å². The number of aromatic nitrogens is 1. The molecule has 2 amide bonds. The summed E-state index contributed by atoms with van der Waals surface area (Å²) < 4.78 is 0. The zero-order valence-corrected chi connectivity index (χ0v) is 16.4. The van der Waals surface area contributed by atoms with Gasteiger partial charge in [-0.15, -0.1) is 11.3 Å².